The number of hydrogen-bond acceptors (Lipinski definition) is 5. The maximum Gasteiger partial charge on any atom is 0.183 e. The van der Waals surface area contributed by atoms with Gasteiger partial charge in [0.05, 0.1) is 22.1 Å². The van der Waals surface area contributed by atoms with Crippen LogP contribution < -0.4 is 0 Å². The molecule has 11 rings (SSSR count). The molecular weight excluding hydrogens is 687 g/mol. The molecule has 0 aliphatic heterocycles. The highest BCUT2D eigenvalue weighted by atomic mass is 15.1. The Morgan fingerprint density at radius 2 is 0.911 bits per heavy atom. The van der Waals surface area contributed by atoms with Gasteiger partial charge in [0, 0.05) is 55.8 Å². The molecule has 0 bridgehead atoms. The molecule has 0 aliphatic rings. The first-order valence-electron chi connectivity index (χ1n) is 18.6. The van der Waals surface area contributed by atoms with Crippen LogP contribution in [0, 0.1) is 0 Å². The van der Waals surface area contributed by atoms with Crippen molar-refractivity contribution in [2.75, 3.05) is 0 Å². The summed E-state index contributed by atoms with van der Waals surface area (Å²) in [5.74, 6) is 2.26. The molecule has 0 N–H and O–H groups in total. The van der Waals surface area contributed by atoms with Crippen molar-refractivity contribution in [2.45, 2.75) is 0 Å². The van der Waals surface area contributed by atoms with Gasteiger partial charge in [0.15, 0.2) is 23.3 Å². The molecule has 0 saturated carbocycles. The number of fused-ring (bicyclic) bond motifs is 5. The number of hydrogen-bond donors (Lipinski definition) is 0. The van der Waals surface area contributed by atoms with Crippen LogP contribution in [0.25, 0.3) is 101 Å². The van der Waals surface area contributed by atoms with E-state index in [0.717, 1.165) is 55.5 Å². The zero-order chi connectivity index (χ0) is 37.0. The third kappa shape index (κ3) is 5.33. The molecule has 0 atom stereocenters. The fourth-order valence-corrected chi connectivity index (χ4v) is 7.74. The molecule has 7 heteroatoms. The minimum absolute atomic E-state index is 0.492. The van der Waals surface area contributed by atoms with Crippen molar-refractivity contribution in [3.63, 3.8) is 0 Å². The van der Waals surface area contributed by atoms with Gasteiger partial charge in [0.2, 0.25) is 0 Å². The summed E-state index contributed by atoms with van der Waals surface area (Å²) in [5.41, 5.74) is 9.80. The Morgan fingerprint density at radius 1 is 0.339 bits per heavy atom. The Bertz CT molecular complexity index is 3170. The number of aromatic nitrogens is 7. The van der Waals surface area contributed by atoms with E-state index in [9.17, 15) is 0 Å². The van der Waals surface area contributed by atoms with E-state index in [1.54, 1.807) is 0 Å². The molecule has 7 aromatic carbocycles. The summed E-state index contributed by atoms with van der Waals surface area (Å²) in [5, 5.41) is 4.50. The summed E-state index contributed by atoms with van der Waals surface area (Å²) in [7, 11) is 0. The molecule has 0 unspecified atom stereocenters. The molecule has 0 aliphatic carbocycles. The van der Waals surface area contributed by atoms with E-state index in [0.29, 0.717) is 29.0 Å². The minimum Gasteiger partial charge on any atom is -0.316 e. The van der Waals surface area contributed by atoms with Gasteiger partial charge in [-0.2, -0.15) is 0 Å². The molecular formula is C49H31N7. The Labute approximate surface area is 321 Å². The highest BCUT2D eigenvalue weighted by Crippen LogP contribution is 2.37. The number of benzene rings is 7. The highest BCUT2D eigenvalue weighted by molar-refractivity contribution is 6.13. The smallest absolute Gasteiger partial charge is 0.183 e. The zero-order valence-electron chi connectivity index (χ0n) is 30.0. The van der Waals surface area contributed by atoms with Gasteiger partial charge in [-0.1, -0.05) is 115 Å². The molecule has 4 aromatic heterocycles. The van der Waals surface area contributed by atoms with Crippen LogP contribution >= 0.6 is 0 Å². The van der Waals surface area contributed by atoms with Crippen LogP contribution in [0.1, 0.15) is 0 Å². The zero-order valence-corrected chi connectivity index (χ0v) is 30.0. The van der Waals surface area contributed by atoms with Gasteiger partial charge in [0.1, 0.15) is 5.69 Å². The van der Waals surface area contributed by atoms with Crippen molar-refractivity contribution in [1.82, 2.24) is 34.1 Å². The fourth-order valence-electron chi connectivity index (χ4n) is 7.74. The topological polar surface area (TPSA) is 74.3 Å². The SMILES string of the molecule is c1ccc(-c2nc(-c3ccccc3)nc(-c3nc(-c4ccc(-n5c6ccccc6c6cc7ccn(-c8ccccc8)c7cc65)cc4)nc4ccccc34)n2)cc1. The summed E-state index contributed by atoms with van der Waals surface area (Å²) in [4.78, 5) is 25.2. The molecule has 7 nitrogen and oxygen atoms in total. The van der Waals surface area contributed by atoms with Crippen molar-refractivity contribution in [3.8, 4) is 57.1 Å². The van der Waals surface area contributed by atoms with Crippen LogP contribution in [0.4, 0.5) is 0 Å². The van der Waals surface area contributed by atoms with Crippen molar-refractivity contribution in [2.24, 2.45) is 0 Å². The van der Waals surface area contributed by atoms with E-state index in [1.165, 1.54) is 16.2 Å². The molecule has 0 radical (unpaired) electrons. The van der Waals surface area contributed by atoms with E-state index in [2.05, 4.69) is 112 Å². The monoisotopic (exact) mass is 717 g/mol. The minimum atomic E-state index is 0.492. The lowest BCUT2D eigenvalue weighted by molar-refractivity contribution is 1.06. The summed E-state index contributed by atoms with van der Waals surface area (Å²) < 4.78 is 4.61. The summed E-state index contributed by atoms with van der Waals surface area (Å²) >= 11 is 0. The van der Waals surface area contributed by atoms with Gasteiger partial charge in [-0.05, 0) is 66.7 Å². The molecule has 0 amide bonds. The second-order valence-corrected chi connectivity index (χ2v) is 13.8. The van der Waals surface area contributed by atoms with Crippen molar-refractivity contribution >= 4 is 43.6 Å². The largest absolute Gasteiger partial charge is 0.316 e. The first kappa shape index (κ1) is 31.7. The highest BCUT2D eigenvalue weighted by Gasteiger charge is 2.19. The van der Waals surface area contributed by atoms with Gasteiger partial charge in [-0.3, -0.25) is 0 Å². The number of para-hydroxylation sites is 3. The Kier molecular flexibility index (Phi) is 7.35. The van der Waals surface area contributed by atoms with Crippen LogP contribution in [0.15, 0.2) is 188 Å². The fraction of sp³-hybridized carbons (Fsp3) is 0. The standard InChI is InChI=1S/C49H31N7/c1-4-14-32(15-5-1)47-52-48(33-16-6-2-7-17-33)54-49(53-47)45-39-21-10-12-22-41(39)50-46(51-45)34-24-26-37(27-25-34)56-42-23-13-11-20-38(42)40-30-35-28-29-55(43(35)31-44(40)56)36-18-8-3-9-19-36/h1-31H. The molecule has 56 heavy (non-hydrogen) atoms. The van der Waals surface area contributed by atoms with Gasteiger partial charge >= 0.3 is 0 Å². The molecule has 11 aromatic rings. The lowest BCUT2D eigenvalue weighted by Gasteiger charge is -2.12. The van der Waals surface area contributed by atoms with Crippen LogP contribution in [0.3, 0.4) is 0 Å². The van der Waals surface area contributed by atoms with E-state index in [-0.39, 0.29) is 0 Å². The Hall–Kier alpha value is -7.77. The average Bonchev–Trinajstić information content (AvgIpc) is 3.84. The maximum absolute atomic E-state index is 5.20. The van der Waals surface area contributed by atoms with E-state index >= 15 is 0 Å². The normalized spacial score (nSPS) is 11.6. The lowest BCUT2D eigenvalue weighted by atomic mass is 10.1. The molecule has 4 heterocycles. The molecule has 262 valence electrons. The second-order valence-electron chi connectivity index (χ2n) is 13.8. The summed E-state index contributed by atoms with van der Waals surface area (Å²) in [6, 6.07) is 62.5. The summed E-state index contributed by atoms with van der Waals surface area (Å²) in [6.07, 6.45) is 2.15. The van der Waals surface area contributed by atoms with Crippen molar-refractivity contribution in [1.29, 1.82) is 0 Å². The third-order valence-electron chi connectivity index (χ3n) is 10.4. The molecule has 0 fully saturated rings. The van der Waals surface area contributed by atoms with Crippen LogP contribution in [0.2, 0.25) is 0 Å². The van der Waals surface area contributed by atoms with E-state index in [4.69, 9.17) is 24.9 Å². The maximum atomic E-state index is 5.20. The first-order chi connectivity index (χ1) is 27.7. The molecule has 0 saturated heterocycles. The van der Waals surface area contributed by atoms with Crippen LogP contribution in [0.5, 0.6) is 0 Å². The Morgan fingerprint density at radius 3 is 1.62 bits per heavy atom. The van der Waals surface area contributed by atoms with E-state index < -0.39 is 0 Å². The predicted octanol–water partition coefficient (Wildman–Crippen LogP) is 11.5. The van der Waals surface area contributed by atoms with Gasteiger partial charge in [0.25, 0.3) is 0 Å². The first-order valence-corrected chi connectivity index (χ1v) is 18.6. The van der Waals surface area contributed by atoms with E-state index in [1.807, 2.05) is 84.9 Å². The van der Waals surface area contributed by atoms with Crippen LogP contribution in [-0.4, -0.2) is 34.1 Å². The third-order valence-corrected chi connectivity index (χ3v) is 10.4. The Balaban J connectivity index is 1.06. The van der Waals surface area contributed by atoms with Gasteiger partial charge < -0.3 is 9.13 Å². The van der Waals surface area contributed by atoms with Crippen molar-refractivity contribution < 1.29 is 0 Å². The number of rotatable bonds is 6. The van der Waals surface area contributed by atoms with Crippen LogP contribution in [-0.2, 0) is 0 Å². The van der Waals surface area contributed by atoms with Crippen molar-refractivity contribution in [3.05, 3.63) is 188 Å². The predicted molar refractivity (Wildman–Crippen MR) is 226 cm³/mol. The quantitative estimate of drug-likeness (QED) is 0.171. The van der Waals surface area contributed by atoms with Gasteiger partial charge in [-0.25, -0.2) is 24.9 Å². The summed E-state index contributed by atoms with van der Waals surface area (Å²) in [6.45, 7) is 0. The van der Waals surface area contributed by atoms with Gasteiger partial charge in [-0.15, -0.1) is 0 Å². The molecule has 0 spiro atoms. The second kappa shape index (κ2) is 13.0. The number of nitrogens with zero attached hydrogens (tertiary/aromatic N) is 7. The average molecular weight is 718 g/mol. The lowest BCUT2D eigenvalue weighted by Crippen LogP contribution is -2.03.